The van der Waals surface area contributed by atoms with Crippen LogP contribution in [0.5, 0.6) is 0 Å². The Hall–Kier alpha value is -0.830. The zero-order valence-corrected chi connectivity index (χ0v) is 7.41. The van der Waals surface area contributed by atoms with Crippen LogP contribution < -0.4 is 0 Å². The van der Waals surface area contributed by atoms with E-state index in [0.717, 1.165) is 6.42 Å². The molecule has 0 fully saturated rings. The van der Waals surface area contributed by atoms with E-state index >= 15 is 0 Å². The summed E-state index contributed by atoms with van der Waals surface area (Å²) >= 11 is 0. The van der Waals surface area contributed by atoms with Crippen LogP contribution in [0.1, 0.15) is 19.8 Å². The topological polar surface area (TPSA) is 46.5 Å². The molecule has 12 heavy (non-hydrogen) atoms. The number of hydrogen-bond acceptors (Lipinski definition) is 2. The quantitative estimate of drug-likeness (QED) is 0.638. The number of carboxylic acid groups (broad SMARTS) is 1. The first-order valence-electron chi connectivity index (χ1n) is 4.02. The maximum Gasteiger partial charge on any atom is 0.313 e. The minimum absolute atomic E-state index is 0.0519. The molecule has 0 saturated heterocycles. The van der Waals surface area contributed by atoms with Crippen molar-refractivity contribution in [3.8, 4) is 0 Å². The van der Waals surface area contributed by atoms with Gasteiger partial charge in [-0.25, -0.2) is 0 Å². The molecule has 2 unspecified atom stereocenters. The molecule has 0 bridgehead atoms. The highest BCUT2D eigenvalue weighted by Crippen LogP contribution is 2.31. The molecule has 1 rings (SSSR count). The Balaban J connectivity index is 2.74. The monoisotopic (exact) mass is 170 g/mol. The van der Waals surface area contributed by atoms with Crippen molar-refractivity contribution in [2.75, 3.05) is 7.11 Å². The van der Waals surface area contributed by atoms with Crippen LogP contribution in [0.25, 0.3) is 0 Å². The number of methoxy groups -OCH3 is 1. The van der Waals surface area contributed by atoms with Gasteiger partial charge in [-0.05, 0) is 19.8 Å². The van der Waals surface area contributed by atoms with Gasteiger partial charge in [-0.1, -0.05) is 12.2 Å². The molecular weight excluding hydrogens is 156 g/mol. The van der Waals surface area contributed by atoms with E-state index < -0.39 is 11.4 Å². The number of hydrogen-bond donors (Lipinski definition) is 1. The summed E-state index contributed by atoms with van der Waals surface area (Å²) in [6, 6.07) is 0. The fraction of sp³-hybridized carbons (Fsp3) is 0.667. The van der Waals surface area contributed by atoms with Gasteiger partial charge in [0.1, 0.15) is 0 Å². The lowest BCUT2D eigenvalue weighted by molar-refractivity contribution is -0.147. The molecule has 3 nitrogen and oxygen atoms in total. The Kier molecular flexibility index (Phi) is 2.52. The summed E-state index contributed by atoms with van der Waals surface area (Å²) in [5.74, 6) is -0.777. The molecule has 0 radical (unpaired) electrons. The van der Waals surface area contributed by atoms with Crippen LogP contribution in [-0.2, 0) is 9.53 Å². The van der Waals surface area contributed by atoms with E-state index in [4.69, 9.17) is 9.84 Å². The van der Waals surface area contributed by atoms with Gasteiger partial charge >= 0.3 is 5.97 Å². The Morgan fingerprint density at radius 1 is 1.75 bits per heavy atom. The van der Waals surface area contributed by atoms with E-state index in [-0.39, 0.29) is 6.10 Å². The van der Waals surface area contributed by atoms with Crippen LogP contribution in [0.15, 0.2) is 12.2 Å². The van der Waals surface area contributed by atoms with E-state index in [1.54, 1.807) is 20.1 Å². The van der Waals surface area contributed by atoms with Crippen molar-refractivity contribution < 1.29 is 14.6 Å². The summed E-state index contributed by atoms with van der Waals surface area (Å²) in [6.45, 7) is 1.72. The summed E-state index contributed by atoms with van der Waals surface area (Å²) in [7, 11) is 1.62. The third-order valence-corrected chi connectivity index (χ3v) is 2.36. The van der Waals surface area contributed by atoms with Crippen molar-refractivity contribution in [2.45, 2.75) is 25.9 Å². The van der Waals surface area contributed by atoms with Crippen LogP contribution >= 0.6 is 0 Å². The Bertz CT molecular complexity index is 210. The second-order valence-corrected chi connectivity index (χ2v) is 3.42. The third-order valence-electron chi connectivity index (χ3n) is 2.36. The number of ether oxygens (including phenoxy) is 1. The molecule has 0 saturated carbocycles. The third kappa shape index (κ3) is 1.67. The van der Waals surface area contributed by atoms with Gasteiger partial charge in [0.05, 0.1) is 11.5 Å². The minimum Gasteiger partial charge on any atom is -0.481 e. The molecule has 2 atom stereocenters. The summed E-state index contributed by atoms with van der Waals surface area (Å²) in [5.41, 5.74) is -0.737. The van der Waals surface area contributed by atoms with Crippen LogP contribution in [0.3, 0.4) is 0 Å². The first kappa shape index (κ1) is 9.26. The first-order chi connectivity index (χ1) is 5.58. The van der Waals surface area contributed by atoms with Crippen molar-refractivity contribution in [1.29, 1.82) is 0 Å². The van der Waals surface area contributed by atoms with Crippen molar-refractivity contribution in [3.63, 3.8) is 0 Å². The molecule has 3 heteroatoms. The zero-order valence-electron chi connectivity index (χ0n) is 7.41. The second-order valence-electron chi connectivity index (χ2n) is 3.42. The van der Waals surface area contributed by atoms with Gasteiger partial charge in [0, 0.05) is 7.11 Å². The summed E-state index contributed by atoms with van der Waals surface area (Å²) in [6.07, 6.45) is 5.07. The molecule has 1 aliphatic carbocycles. The number of aliphatic carboxylic acids is 1. The van der Waals surface area contributed by atoms with Gasteiger partial charge in [0.25, 0.3) is 0 Å². The molecule has 0 aromatic carbocycles. The molecule has 0 aliphatic heterocycles. The van der Waals surface area contributed by atoms with Gasteiger partial charge < -0.3 is 9.84 Å². The van der Waals surface area contributed by atoms with E-state index in [2.05, 4.69) is 0 Å². The van der Waals surface area contributed by atoms with Gasteiger partial charge in [-0.3, -0.25) is 4.79 Å². The molecular formula is C9H14O3. The molecule has 0 aromatic heterocycles. The van der Waals surface area contributed by atoms with Gasteiger partial charge in [-0.2, -0.15) is 0 Å². The smallest absolute Gasteiger partial charge is 0.313 e. The minimum atomic E-state index is -0.777. The fourth-order valence-electron chi connectivity index (χ4n) is 1.44. The molecule has 1 aliphatic rings. The van der Waals surface area contributed by atoms with Gasteiger partial charge in [0.2, 0.25) is 0 Å². The fourth-order valence-corrected chi connectivity index (χ4v) is 1.44. The lowest BCUT2D eigenvalue weighted by Gasteiger charge is -2.29. The van der Waals surface area contributed by atoms with Gasteiger partial charge in [-0.15, -0.1) is 0 Å². The summed E-state index contributed by atoms with van der Waals surface area (Å²) in [4.78, 5) is 10.8. The standard InChI is InChI=1S/C9H14O3/c1-9(8(10)11)5-3-4-7(6-9)12-2/h3,5,7H,4,6H2,1-2H3,(H,10,11). The van der Waals surface area contributed by atoms with E-state index in [0.29, 0.717) is 6.42 Å². The number of carbonyl (C=O) groups is 1. The average Bonchev–Trinajstić information content (AvgIpc) is 2.04. The highest BCUT2D eigenvalue weighted by molar-refractivity contribution is 5.76. The largest absolute Gasteiger partial charge is 0.481 e. The number of rotatable bonds is 2. The molecule has 0 aromatic rings. The maximum absolute atomic E-state index is 10.8. The number of carboxylic acids is 1. The van der Waals surface area contributed by atoms with E-state index in [1.807, 2.05) is 6.08 Å². The van der Waals surface area contributed by atoms with Crippen LogP contribution in [0.2, 0.25) is 0 Å². The van der Waals surface area contributed by atoms with Crippen molar-refractivity contribution in [1.82, 2.24) is 0 Å². The predicted molar refractivity (Wildman–Crippen MR) is 44.9 cm³/mol. The van der Waals surface area contributed by atoms with E-state index in [1.165, 1.54) is 0 Å². The highest BCUT2D eigenvalue weighted by Gasteiger charge is 2.35. The summed E-state index contributed by atoms with van der Waals surface area (Å²) < 4.78 is 5.12. The van der Waals surface area contributed by atoms with E-state index in [9.17, 15) is 4.79 Å². The normalized spacial score (nSPS) is 35.0. The highest BCUT2D eigenvalue weighted by atomic mass is 16.5. The predicted octanol–water partition coefficient (Wildman–Crippen LogP) is 1.44. The van der Waals surface area contributed by atoms with Crippen molar-refractivity contribution >= 4 is 5.97 Å². The Morgan fingerprint density at radius 3 is 2.92 bits per heavy atom. The molecule has 0 heterocycles. The maximum atomic E-state index is 10.8. The lowest BCUT2D eigenvalue weighted by atomic mass is 9.79. The van der Waals surface area contributed by atoms with Crippen LogP contribution in [0.4, 0.5) is 0 Å². The molecule has 0 amide bonds. The first-order valence-corrected chi connectivity index (χ1v) is 4.02. The Morgan fingerprint density at radius 2 is 2.42 bits per heavy atom. The average molecular weight is 170 g/mol. The van der Waals surface area contributed by atoms with Gasteiger partial charge in [0.15, 0.2) is 0 Å². The van der Waals surface area contributed by atoms with Crippen molar-refractivity contribution in [2.24, 2.45) is 5.41 Å². The van der Waals surface area contributed by atoms with Crippen LogP contribution in [0, 0.1) is 5.41 Å². The Labute approximate surface area is 72.0 Å². The second kappa shape index (κ2) is 3.27. The lowest BCUT2D eigenvalue weighted by Crippen LogP contribution is -2.33. The summed E-state index contributed by atoms with van der Waals surface area (Å²) in [5, 5.41) is 8.90. The SMILES string of the molecule is COC1CC=CC(C)(C(=O)O)C1. The molecule has 0 spiro atoms. The molecule has 68 valence electrons. The van der Waals surface area contributed by atoms with Crippen LogP contribution in [-0.4, -0.2) is 24.3 Å². The molecule has 1 N–H and O–H groups in total. The zero-order chi connectivity index (χ0) is 9.19. The van der Waals surface area contributed by atoms with Crippen molar-refractivity contribution in [3.05, 3.63) is 12.2 Å².